The summed E-state index contributed by atoms with van der Waals surface area (Å²) in [4.78, 5) is 18.2. The number of fused-ring (bicyclic) bond motifs is 1. The molecule has 2 aromatic rings. The van der Waals surface area contributed by atoms with Crippen LogP contribution in [0.15, 0.2) is 41.4 Å². The Morgan fingerprint density at radius 2 is 1.96 bits per heavy atom. The van der Waals surface area contributed by atoms with Gasteiger partial charge in [0.1, 0.15) is 6.54 Å². The summed E-state index contributed by atoms with van der Waals surface area (Å²) < 4.78 is 38.0. The summed E-state index contributed by atoms with van der Waals surface area (Å²) in [6, 6.07) is 9.25. The lowest BCUT2D eigenvalue weighted by Crippen LogP contribution is -2.42. The van der Waals surface area contributed by atoms with Crippen molar-refractivity contribution in [2.45, 2.75) is 24.9 Å². The van der Waals surface area contributed by atoms with Gasteiger partial charge in [-0.2, -0.15) is 13.2 Å². The first kappa shape index (κ1) is 18.6. The summed E-state index contributed by atoms with van der Waals surface area (Å²) in [5.41, 5.74) is 0.796. The molecule has 0 N–H and O–H groups in total. The van der Waals surface area contributed by atoms with Gasteiger partial charge in [0, 0.05) is 23.0 Å². The van der Waals surface area contributed by atoms with E-state index in [-0.39, 0.29) is 18.2 Å². The average molecular weight is 356 g/mol. The minimum absolute atomic E-state index is 0.0249. The molecule has 0 spiro atoms. The van der Waals surface area contributed by atoms with Crippen LogP contribution in [0.25, 0.3) is 10.9 Å². The number of halogens is 3. The summed E-state index contributed by atoms with van der Waals surface area (Å²) in [6.45, 7) is 2.47. The van der Waals surface area contributed by atoms with Gasteiger partial charge in [-0.3, -0.25) is 9.78 Å². The molecule has 7 heteroatoms. The van der Waals surface area contributed by atoms with Gasteiger partial charge >= 0.3 is 6.18 Å². The van der Waals surface area contributed by atoms with Crippen molar-refractivity contribution < 1.29 is 18.0 Å². The number of hydrogen-bond donors (Lipinski definition) is 0. The van der Waals surface area contributed by atoms with Gasteiger partial charge in [-0.15, -0.1) is 11.8 Å². The van der Waals surface area contributed by atoms with E-state index in [1.54, 1.807) is 26.1 Å². The highest BCUT2D eigenvalue weighted by Crippen LogP contribution is 2.27. The number of carbonyl (C=O) groups excluding carboxylic acids is 1. The number of hydrogen-bond acceptors (Lipinski definition) is 3. The lowest BCUT2D eigenvalue weighted by molar-refractivity contribution is -0.160. The van der Waals surface area contributed by atoms with E-state index in [4.69, 9.17) is 0 Å². The van der Waals surface area contributed by atoms with Crippen molar-refractivity contribution in [2.75, 3.05) is 18.8 Å². The lowest BCUT2D eigenvalue weighted by Gasteiger charge is -2.25. The first-order valence-corrected chi connectivity index (χ1v) is 8.56. The fourth-order valence-corrected chi connectivity index (χ4v) is 3.28. The number of aromatic nitrogens is 1. The van der Waals surface area contributed by atoms with Gasteiger partial charge in [-0.05, 0) is 18.1 Å². The number of amides is 1. The monoisotopic (exact) mass is 356 g/mol. The molecule has 1 heterocycles. The molecule has 3 nitrogen and oxygen atoms in total. The molecule has 2 rings (SSSR count). The Morgan fingerprint density at radius 1 is 1.25 bits per heavy atom. The zero-order valence-electron chi connectivity index (χ0n) is 13.5. The van der Waals surface area contributed by atoms with E-state index in [1.807, 2.05) is 24.3 Å². The third kappa shape index (κ3) is 5.40. The highest BCUT2D eigenvalue weighted by atomic mass is 32.2. The first-order chi connectivity index (χ1) is 11.3. The average Bonchev–Trinajstić information content (AvgIpc) is 2.50. The van der Waals surface area contributed by atoms with E-state index in [2.05, 4.69) is 4.98 Å². The quantitative estimate of drug-likeness (QED) is 0.721. The molecule has 1 aromatic heterocycles. The van der Waals surface area contributed by atoms with E-state index >= 15 is 0 Å². The Balaban J connectivity index is 2.09. The minimum Gasteiger partial charge on any atom is -0.333 e. The Labute approximate surface area is 143 Å². The van der Waals surface area contributed by atoms with E-state index < -0.39 is 18.6 Å². The zero-order chi connectivity index (χ0) is 17.7. The number of nitrogens with zero attached hydrogens (tertiary/aromatic N) is 2. The summed E-state index contributed by atoms with van der Waals surface area (Å²) in [7, 11) is 0. The van der Waals surface area contributed by atoms with Crippen LogP contribution in [0.5, 0.6) is 0 Å². The van der Waals surface area contributed by atoms with Crippen molar-refractivity contribution in [2.24, 2.45) is 5.92 Å². The maximum atomic E-state index is 12.7. The summed E-state index contributed by atoms with van der Waals surface area (Å²) in [5.74, 6) is -0.563. The first-order valence-electron chi connectivity index (χ1n) is 7.57. The molecule has 0 unspecified atom stereocenters. The van der Waals surface area contributed by atoms with Crippen molar-refractivity contribution in [1.82, 2.24) is 9.88 Å². The molecule has 24 heavy (non-hydrogen) atoms. The van der Waals surface area contributed by atoms with Crippen LogP contribution >= 0.6 is 11.8 Å². The van der Waals surface area contributed by atoms with Crippen LogP contribution in [0, 0.1) is 5.92 Å². The molecule has 0 saturated heterocycles. The van der Waals surface area contributed by atoms with E-state index in [0.717, 1.165) is 20.7 Å². The Bertz CT molecular complexity index is 698. The Morgan fingerprint density at radius 3 is 2.62 bits per heavy atom. The summed E-state index contributed by atoms with van der Waals surface area (Å²) in [5, 5.41) is 0.893. The van der Waals surface area contributed by atoms with E-state index in [9.17, 15) is 18.0 Å². The number of para-hydroxylation sites is 1. The second-order valence-corrected chi connectivity index (χ2v) is 6.92. The Kier molecular flexibility index (Phi) is 6.10. The smallest absolute Gasteiger partial charge is 0.333 e. The molecule has 0 radical (unpaired) electrons. The van der Waals surface area contributed by atoms with Crippen molar-refractivity contribution >= 4 is 28.6 Å². The van der Waals surface area contributed by atoms with Crippen LogP contribution in [0.2, 0.25) is 0 Å². The minimum atomic E-state index is -4.39. The third-order valence-electron chi connectivity index (χ3n) is 3.27. The maximum absolute atomic E-state index is 12.7. The SMILES string of the molecule is CC(C)CN(CC(F)(F)F)C(=O)CSc1ccnc2ccccc12. The van der Waals surface area contributed by atoms with Gasteiger partial charge in [0.25, 0.3) is 0 Å². The summed E-state index contributed by atoms with van der Waals surface area (Å²) in [6.07, 6.45) is -2.75. The van der Waals surface area contributed by atoms with Crippen molar-refractivity contribution in [3.8, 4) is 0 Å². The number of carbonyl (C=O) groups is 1. The predicted molar refractivity (Wildman–Crippen MR) is 89.9 cm³/mol. The second kappa shape index (κ2) is 7.88. The van der Waals surface area contributed by atoms with E-state index in [0.29, 0.717) is 0 Å². The normalized spacial score (nSPS) is 11.9. The van der Waals surface area contributed by atoms with Crippen LogP contribution in [0.1, 0.15) is 13.8 Å². The molecular formula is C17H19F3N2OS. The molecule has 130 valence electrons. The van der Waals surface area contributed by atoms with Gasteiger partial charge in [0.05, 0.1) is 11.3 Å². The van der Waals surface area contributed by atoms with Crippen molar-refractivity contribution in [3.63, 3.8) is 0 Å². The van der Waals surface area contributed by atoms with Crippen molar-refractivity contribution in [1.29, 1.82) is 0 Å². The third-order valence-corrected chi connectivity index (χ3v) is 4.33. The molecule has 1 amide bonds. The molecule has 0 aliphatic carbocycles. The fourth-order valence-electron chi connectivity index (χ4n) is 2.34. The predicted octanol–water partition coefficient (Wildman–Crippen LogP) is 4.37. The molecule has 0 aliphatic rings. The zero-order valence-corrected chi connectivity index (χ0v) is 14.3. The topological polar surface area (TPSA) is 33.2 Å². The molecule has 1 aromatic carbocycles. The molecule has 0 fully saturated rings. The van der Waals surface area contributed by atoms with Gasteiger partial charge in [0.2, 0.25) is 5.91 Å². The van der Waals surface area contributed by atoms with E-state index in [1.165, 1.54) is 11.8 Å². The van der Waals surface area contributed by atoms with Gasteiger partial charge in [0.15, 0.2) is 0 Å². The van der Waals surface area contributed by atoms with Crippen molar-refractivity contribution in [3.05, 3.63) is 36.5 Å². The second-order valence-electron chi connectivity index (χ2n) is 5.90. The standard InChI is InChI=1S/C17H19F3N2OS/c1-12(2)9-22(11-17(18,19)20)16(23)10-24-15-7-8-21-14-6-4-3-5-13(14)15/h3-8,12H,9-11H2,1-2H3. The van der Waals surface area contributed by atoms with Gasteiger partial charge in [-0.25, -0.2) is 0 Å². The molecular weight excluding hydrogens is 337 g/mol. The number of alkyl halides is 3. The van der Waals surface area contributed by atoms with Crippen LogP contribution in [0.4, 0.5) is 13.2 Å². The highest BCUT2D eigenvalue weighted by Gasteiger charge is 2.33. The molecule has 0 saturated carbocycles. The van der Waals surface area contributed by atoms with Crippen LogP contribution in [-0.2, 0) is 4.79 Å². The molecule has 0 bridgehead atoms. The van der Waals surface area contributed by atoms with Crippen LogP contribution in [0.3, 0.4) is 0 Å². The van der Waals surface area contributed by atoms with Gasteiger partial charge in [-0.1, -0.05) is 32.0 Å². The Hall–Kier alpha value is -1.76. The number of pyridine rings is 1. The molecule has 0 aliphatic heterocycles. The highest BCUT2D eigenvalue weighted by molar-refractivity contribution is 8.00. The number of benzene rings is 1. The number of rotatable bonds is 6. The lowest BCUT2D eigenvalue weighted by atomic mass is 10.2. The van der Waals surface area contributed by atoms with Gasteiger partial charge < -0.3 is 4.90 Å². The van der Waals surface area contributed by atoms with Crippen LogP contribution in [-0.4, -0.2) is 40.8 Å². The summed E-state index contributed by atoms with van der Waals surface area (Å²) >= 11 is 1.24. The number of thioether (sulfide) groups is 1. The molecule has 0 atom stereocenters. The fraction of sp³-hybridized carbons (Fsp3) is 0.412. The maximum Gasteiger partial charge on any atom is 0.406 e. The largest absolute Gasteiger partial charge is 0.406 e. The van der Waals surface area contributed by atoms with Crippen LogP contribution < -0.4 is 0 Å².